The second-order valence-corrected chi connectivity index (χ2v) is 8.34. The van der Waals surface area contributed by atoms with E-state index < -0.39 is 27.5 Å². The van der Waals surface area contributed by atoms with Crippen LogP contribution in [-0.2, 0) is 19.6 Å². The fraction of sp³-hybridized carbons (Fsp3) is 0.316. The molecular weight excluding hydrogens is 414 g/mol. The first-order chi connectivity index (χ1) is 14.3. The lowest BCUT2D eigenvalue weighted by atomic mass is 10.2. The Morgan fingerprint density at radius 3 is 2.60 bits per heavy atom. The monoisotopic (exact) mass is 435 g/mol. The van der Waals surface area contributed by atoms with Crippen LogP contribution in [0.2, 0.25) is 0 Å². The van der Waals surface area contributed by atoms with Crippen LogP contribution < -0.4 is 14.8 Å². The smallest absolute Gasteiger partial charge is 0.310 e. The summed E-state index contributed by atoms with van der Waals surface area (Å²) in [5.74, 6) is -0.559. The largest absolute Gasteiger partial charge is 0.477 e. The molecule has 1 saturated heterocycles. The molecule has 30 heavy (non-hydrogen) atoms. The highest BCUT2D eigenvalue weighted by Crippen LogP contribution is 2.25. The van der Waals surface area contributed by atoms with Gasteiger partial charge in [0, 0.05) is 24.9 Å². The van der Waals surface area contributed by atoms with Gasteiger partial charge >= 0.3 is 5.69 Å². The van der Waals surface area contributed by atoms with Crippen molar-refractivity contribution < 1.29 is 27.6 Å². The van der Waals surface area contributed by atoms with Gasteiger partial charge < -0.3 is 14.8 Å². The number of rotatable bonds is 9. The first-order valence-corrected chi connectivity index (χ1v) is 10.7. The molecule has 1 heterocycles. The van der Waals surface area contributed by atoms with Crippen LogP contribution in [0.1, 0.15) is 12.8 Å². The lowest BCUT2D eigenvalue weighted by Gasteiger charge is -2.12. The van der Waals surface area contributed by atoms with E-state index in [9.17, 15) is 23.3 Å². The Hall–Kier alpha value is -3.02. The molecule has 10 nitrogen and oxygen atoms in total. The molecule has 3 rings (SSSR count). The highest BCUT2D eigenvalue weighted by molar-refractivity contribution is 7.89. The van der Waals surface area contributed by atoms with Crippen molar-refractivity contribution in [1.82, 2.24) is 4.72 Å². The summed E-state index contributed by atoms with van der Waals surface area (Å²) in [4.78, 5) is 22.5. The molecular formula is C19H21N3O7S. The maximum absolute atomic E-state index is 12.3. The number of nitrogens with zero attached hydrogens (tertiary/aromatic N) is 1. The molecule has 160 valence electrons. The maximum atomic E-state index is 12.3. The van der Waals surface area contributed by atoms with E-state index in [1.807, 2.05) is 0 Å². The summed E-state index contributed by atoms with van der Waals surface area (Å²) >= 11 is 0. The number of nitro groups is 1. The zero-order valence-electron chi connectivity index (χ0n) is 15.9. The van der Waals surface area contributed by atoms with Crippen LogP contribution in [0.25, 0.3) is 0 Å². The zero-order valence-corrected chi connectivity index (χ0v) is 16.8. The molecule has 2 aromatic carbocycles. The molecule has 0 bridgehead atoms. The van der Waals surface area contributed by atoms with Crippen LogP contribution in [0.4, 0.5) is 11.4 Å². The van der Waals surface area contributed by atoms with Crippen LogP contribution in [0.5, 0.6) is 5.75 Å². The Morgan fingerprint density at radius 1 is 1.20 bits per heavy atom. The first-order valence-electron chi connectivity index (χ1n) is 9.22. The Balaban J connectivity index is 1.53. The third-order valence-corrected chi connectivity index (χ3v) is 5.83. The minimum absolute atomic E-state index is 0.0172. The van der Waals surface area contributed by atoms with E-state index in [0.717, 1.165) is 12.8 Å². The van der Waals surface area contributed by atoms with Crippen molar-refractivity contribution in [2.24, 2.45) is 0 Å². The van der Waals surface area contributed by atoms with Gasteiger partial charge in [0.1, 0.15) is 0 Å². The van der Waals surface area contributed by atoms with Gasteiger partial charge in [-0.3, -0.25) is 14.9 Å². The van der Waals surface area contributed by atoms with Crippen molar-refractivity contribution in [3.05, 3.63) is 58.6 Å². The quantitative estimate of drug-likeness (QED) is 0.454. The number of sulfonamides is 1. The predicted molar refractivity (Wildman–Crippen MR) is 108 cm³/mol. The van der Waals surface area contributed by atoms with Gasteiger partial charge in [0.25, 0.3) is 5.91 Å². The van der Waals surface area contributed by atoms with E-state index in [-0.39, 0.29) is 29.0 Å². The number of amides is 1. The minimum Gasteiger partial charge on any atom is -0.477 e. The number of para-hydroxylation sites is 2. The highest BCUT2D eigenvalue weighted by atomic mass is 32.2. The van der Waals surface area contributed by atoms with E-state index >= 15 is 0 Å². The average molecular weight is 435 g/mol. The summed E-state index contributed by atoms with van der Waals surface area (Å²) in [5, 5.41) is 13.5. The van der Waals surface area contributed by atoms with Crippen molar-refractivity contribution >= 4 is 27.3 Å². The number of carbonyl (C=O) groups excluding carboxylic acids is 1. The Kier molecular flexibility index (Phi) is 6.98. The molecule has 0 saturated carbocycles. The van der Waals surface area contributed by atoms with Gasteiger partial charge in [-0.05, 0) is 43.2 Å². The third kappa shape index (κ3) is 5.75. The van der Waals surface area contributed by atoms with E-state index in [1.54, 1.807) is 6.07 Å². The molecule has 0 aromatic heterocycles. The number of anilines is 1. The third-order valence-electron chi connectivity index (χ3n) is 4.39. The molecule has 1 atom stereocenters. The molecule has 1 unspecified atom stereocenters. The fourth-order valence-corrected chi connectivity index (χ4v) is 3.95. The minimum atomic E-state index is -3.68. The standard InChI is InChI=1S/C19H21N3O7S/c23-19(13-29-18-6-2-1-5-17(18)22(24)25)21-14-7-9-16(10-8-14)30(26,27)20-12-15-4-3-11-28-15/h1-2,5-10,15,20H,3-4,11-13H2,(H,21,23). The zero-order chi connectivity index (χ0) is 21.6. The number of hydrogen-bond donors (Lipinski definition) is 2. The number of nitrogens with one attached hydrogen (secondary N) is 2. The van der Waals surface area contributed by atoms with Gasteiger partial charge in [-0.15, -0.1) is 0 Å². The molecule has 2 aromatic rings. The van der Waals surface area contributed by atoms with Crippen LogP contribution in [-0.4, -0.2) is 45.1 Å². The van der Waals surface area contributed by atoms with Crippen LogP contribution in [0, 0.1) is 10.1 Å². The fourth-order valence-electron chi connectivity index (χ4n) is 2.88. The number of benzene rings is 2. The lowest BCUT2D eigenvalue weighted by molar-refractivity contribution is -0.385. The Bertz CT molecular complexity index is 1000. The van der Waals surface area contributed by atoms with Crippen molar-refractivity contribution in [2.75, 3.05) is 25.1 Å². The number of nitro benzene ring substituents is 1. The summed E-state index contributed by atoms with van der Waals surface area (Å²) in [7, 11) is -3.68. The molecule has 2 N–H and O–H groups in total. The molecule has 0 radical (unpaired) electrons. The SMILES string of the molecule is O=C(COc1ccccc1[N+](=O)[O-])Nc1ccc(S(=O)(=O)NCC2CCCO2)cc1. The van der Waals surface area contributed by atoms with E-state index in [0.29, 0.717) is 12.3 Å². The van der Waals surface area contributed by atoms with Gasteiger partial charge in [0.2, 0.25) is 10.0 Å². The molecule has 1 aliphatic rings. The van der Waals surface area contributed by atoms with Gasteiger partial charge in [-0.1, -0.05) is 12.1 Å². The summed E-state index contributed by atoms with van der Waals surface area (Å²) in [6, 6.07) is 11.4. The maximum Gasteiger partial charge on any atom is 0.310 e. The summed E-state index contributed by atoms with van der Waals surface area (Å²) in [6.45, 7) is 0.416. The summed E-state index contributed by atoms with van der Waals surface area (Å²) < 4.78 is 37.8. The lowest BCUT2D eigenvalue weighted by Crippen LogP contribution is -2.31. The molecule has 1 amide bonds. The second-order valence-electron chi connectivity index (χ2n) is 6.57. The van der Waals surface area contributed by atoms with Crippen molar-refractivity contribution in [2.45, 2.75) is 23.8 Å². The Labute approximate surface area is 173 Å². The number of hydrogen-bond acceptors (Lipinski definition) is 7. The second kappa shape index (κ2) is 9.65. The highest BCUT2D eigenvalue weighted by Gasteiger charge is 2.20. The number of carbonyl (C=O) groups is 1. The van der Waals surface area contributed by atoms with Gasteiger partial charge in [-0.2, -0.15) is 0 Å². The van der Waals surface area contributed by atoms with Crippen molar-refractivity contribution in [3.63, 3.8) is 0 Å². The normalized spacial score (nSPS) is 16.2. The van der Waals surface area contributed by atoms with Crippen LogP contribution in [0.3, 0.4) is 0 Å². The van der Waals surface area contributed by atoms with Crippen LogP contribution in [0.15, 0.2) is 53.4 Å². The molecule has 0 aliphatic carbocycles. The summed E-state index contributed by atoms with van der Waals surface area (Å²) in [5.41, 5.74) is 0.125. The van der Waals surface area contributed by atoms with Crippen molar-refractivity contribution in [3.8, 4) is 5.75 Å². The topological polar surface area (TPSA) is 137 Å². The average Bonchev–Trinajstić information content (AvgIpc) is 3.25. The summed E-state index contributed by atoms with van der Waals surface area (Å²) in [6.07, 6.45) is 1.63. The predicted octanol–water partition coefficient (Wildman–Crippen LogP) is 2.07. The molecule has 0 spiro atoms. The Morgan fingerprint density at radius 2 is 1.93 bits per heavy atom. The van der Waals surface area contributed by atoms with E-state index in [2.05, 4.69) is 10.0 Å². The van der Waals surface area contributed by atoms with Crippen molar-refractivity contribution in [1.29, 1.82) is 0 Å². The first kappa shape index (κ1) is 21.7. The van der Waals surface area contributed by atoms with Gasteiger partial charge in [-0.25, -0.2) is 13.1 Å². The number of ether oxygens (including phenoxy) is 2. The van der Waals surface area contributed by atoms with E-state index in [1.165, 1.54) is 42.5 Å². The van der Waals surface area contributed by atoms with Gasteiger partial charge in [0.15, 0.2) is 12.4 Å². The molecule has 1 fully saturated rings. The molecule has 11 heteroatoms. The van der Waals surface area contributed by atoms with Crippen LogP contribution >= 0.6 is 0 Å². The van der Waals surface area contributed by atoms with Gasteiger partial charge in [0.05, 0.1) is 15.9 Å². The molecule has 1 aliphatic heterocycles. The van der Waals surface area contributed by atoms with E-state index in [4.69, 9.17) is 9.47 Å².